The number of hydrogen-bond acceptors (Lipinski definition) is 3. The molecule has 0 aromatic carbocycles. The van der Waals surface area contributed by atoms with Crippen LogP contribution in [-0.2, 0) is 4.79 Å². The molecular weight excluding hydrogens is 264 g/mol. The summed E-state index contributed by atoms with van der Waals surface area (Å²) >= 11 is 1.64. The molecule has 2 unspecified atom stereocenters. The van der Waals surface area contributed by atoms with E-state index in [-0.39, 0.29) is 18.6 Å². The van der Waals surface area contributed by atoms with Gasteiger partial charge in [0.15, 0.2) is 0 Å². The zero-order valence-corrected chi connectivity index (χ0v) is 12.5. The van der Waals surface area contributed by atoms with Crippen LogP contribution in [0.2, 0.25) is 0 Å². The molecule has 2 N–H and O–H groups in total. The lowest BCUT2D eigenvalue weighted by molar-refractivity contribution is -0.141. The van der Waals surface area contributed by atoms with Crippen molar-refractivity contribution in [3.8, 4) is 0 Å². The first-order chi connectivity index (χ1) is 8.81. The molecule has 2 amide bonds. The maximum atomic E-state index is 11.9. The molecule has 0 aliphatic carbocycles. The van der Waals surface area contributed by atoms with Gasteiger partial charge in [0.05, 0.1) is 12.0 Å². The number of carbonyl (C=O) groups is 2. The summed E-state index contributed by atoms with van der Waals surface area (Å²) < 4.78 is 0. The molecule has 1 rings (SSSR count). The van der Waals surface area contributed by atoms with E-state index in [0.717, 1.165) is 4.88 Å². The maximum Gasteiger partial charge on any atom is 0.317 e. The molecule has 106 valence electrons. The fourth-order valence-corrected chi connectivity index (χ4v) is 2.50. The summed E-state index contributed by atoms with van der Waals surface area (Å²) in [7, 11) is 1.60. The molecule has 0 aliphatic rings. The van der Waals surface area contributed by atoms with Crippen LogP contribution in [0.4, 0.5) is 4.79 Å². The number of aryl methyl sites for hydroxylation is 1. The van der Waals surface area contributed by atoms with Gasteiger partial charge in [0.2, 0.25) is 0 Å². The molecule has 5 nitrogen and oxygen atoms in total. The van der Waals surface area contributed by atoms with Crippen LogP contribution in [0.15, 0.2) is 12.1 Å². The molecule has 6 heteroatoms. The predicted octanol–water partition coefficient (Wildman–Crippen LogP) is 2.48. The zero-order valence-electron chi connectivity index (χ0n) is 11.6. The van der Waals surface area contributed by atoms with Crippen LogP contribution in [0.25, 0.3) is 0 Å². The van der Waals surface area contributed by atoms with Crippen molar-refractivity contribution in [2.24, 2.45) is 5.92 Å². The van der Waals surface area contributed by atoms with Gasteiger partial charge in [0.1, 0.15) is 0 Å². The number of carboxylic acid groups (broad SMARTS) is 1. The van der Waals surface area contributed by atoms with E-state index in [1.807, 2.05) is 26.0 Å². The van der Waals surface area contributed by atoms with Crippen molar-refractivity contribution in [1.82, 2.24) is 10.2 Å². The highest BCUT2D eigenvalue weighted by Crippen LogP contribution is 2.22. The zero-order chi connectivity index (χ0) is 14.6. The number of amides is 2. The van der Waals surface area contributed by atoms with Crippen LogP contribution in [0.3, 0.4) is 0 Å². The number of carbonyl (C=O) groups excluding carboxylic acids is 1. The Morgan fingerprint density at radius 3 is 2.53 bits per heavy atom. The third kappa shape index (κ3) is 4.55. The molecule has 1 heterocycles. The highest BCUT2D eigenvalue weighted by molar-refractivity contribution is 7.12. The molecule has 19 heavy (non-hydrogen) atoms. The van der Waals surface area contributed by atoms with E-state index >= 15 is 0 Å². The van der Waals surface area contributed by atoms with Crippen molar-refractivity contribution in [1.29, 1.82) is 0 Å². The molecule has 0 spiro atoms. The number of urea groups is 1. The number of nitrogens with zero attached hydrogens (tertiary/aromatic N) is 1. The monoisotopic (exact) mass is 284 g/mol. The van der Waals surface area contributed by atoms with Crippen LogP contribution < -0.4 is 5.32 Å². The first-order valence-corrected chi connectivity index (χ1v) is 6.93. The summed E-state index contributed by atoms with van der Waals surface area (Å²) in [6, 6.07) is 3.67. The summed E-state index contributed by atoms with van der Waals surface area (Å²) in [5, 5.41) is 11.7. The molecule has 1 aromatic heterocycles. The third-order valence-corrected chi connectivity index (χ3v) is 4.03. The van der Waals surface area contributed by atoms with Gasteiger partial charge in [0, 0.05) is 23.3 Å². The molecule has 2 atom stereocenters. The number of carboxylic acids is 1. The minimum absolute atomic E-state index is 0.0752. The van der Waals surface area contributed by atoms with Crippen molar-refractivity contribution in [2.45, 2.75) is 26.8 Å². The molecule has 0 bridgehead atoms. The Morgan fingerprint density at radius 2 is 2.05 bits per heavy atom. The topological polar surface area (TPSA) is 69.6 Å². The molecule has 0 fully saturated rings. The number of thiophene rings is 1. The van der Waals surface area contributed by atoms with E-state index in [4.69, 9.17) is 5.11 Å². The molecule has 0 radical (unpaired) electrons. The second-order valence-electron chi connectivity index (χ2n) is 4.74. The van der Waals surface area contributed by atoms with Gasteiger partial charge in [-0.05, 0) is 26.0 Å². The highest BCUT2D eigenvalue weighted by Gasteiger charge is 2.19. The van der Waals surface area contributed by atoms with Gasteiger partial charge < -0.3 is 15.3 Å². The maximum absolute atomic E-state index is 11.9. The van der Waals surface area contributed by atoms with Crippen molar-refractivity contribution in [3.05, 3.63) is 21.9 Å². The lowest BCUT2D eigenvalue weighted by Crippen LogP contribution is -2.41. The second-order valence-corrected chi connectivity index (χ2v) is 6.06. The Labute approximate surface area is 117 Å². The SMILES string of the molecule is Cc1ccc(C(C)NC(=O)N(C)CC(C)C(=O)O)s1. The van der Waals surface area contributed by atoms with Gasteiger partial charge in [-0.3, -0.25) is 4.79 Å². The molecular formula is C13H20N2O3S. The van der Waals surface area contributed by atoms with Gasteiger partial charge in [-0.25, -0.2) is 4.79 Å². The Balaban J connectivity index is 2.52. The van der Waals surface area contributed by atoms with E-state index in [0.29, 0.717) is 0 Å². The van der Waals surface area contributed by atoms with Crippen LogP contribution >= 0.6 is 11.3 Å². The minimum atomic E-state index is -0.901. The van der Waals surface area contributed by atoms with Gasteiger partial charge >= 0.3 is 12.0 Å². The summed E-state index contributed by atoms with van der Waals surface area (Å²) in [5.41, 5.74) is 0. The van der Waals surface area contributed by atoms with Gasteiger partial charge in [-0.15, -0.1) is 11.3 Å². The number of rotatable bonds is 5. The molecule has 0 aliphatic heterocycles. The average Bonchev–Trinajstić information content (AvgIpc) is 2.75. The minimum Gasteiger partial charge on any atom is -0.481 e. The average molecular weight is 284 g/mol. The first-order valence-electron chi connectivity index (χ1n) is 6.12. The van der Waals surface area contributed by atoms with Gasteiger partial charge in [0.25, 0.3) is 0 Å². The van der Waals surface area contributed by atoms with Crippen LogP contribution in [0.1, 0.15) is 29.6 Å². The number of hydrogen-bond donors (Lipinski definition) is 2. The third-order valence-electron chi connectivity index (χ3n) is 2.84. The molecule has 0 saturated heterocycles. The number of aliphatic carboxylic acids is 1. The first kappa shape index (κ1) is 15.5. The highest BCUT2D eigenvalue weighted by atomic mass is 32.1. The summed E-state index contributed by atoms with van der Waals surface area (Å²) in [4.78, 5) is 26.4. The fraction of sp³-hybridized carbons (Fsp3) is 0.538. The van der Waals surface area contributed by atoms with E-state index in [1.54, 1.807) is 25.3 Å². The van der Waals surface area contributed by atoms with Gasteiger partial charge in [-0.1, -0.05) is 6.92 Å². The van der Waals surface area contributed by atoms with E-state index in [1.165, 1.54) is 9.78 Å². The van der Waals surface area contributed by atoms with Crippen LogP contribution in [0, 0.1) is 12.8 Å². The van der Waals surface area contributed by atoms with E-state index < -0.39 is 11.9 Å². The van der Waals surface area contributed by atoms with Crippen molar-refractivity contribution in [2.75, 3.05) is 13.6 Å². The van der Waals surface area contributed by atoms with Gasteiger partial charge in [-0.2, -0.15) is 0 Å². The Morgan fingerprint density at radius 1 is 1.42 bits per heavy atom. The fourth-order valence-electron chi connectivity index (χ4n) is 1.62. The number of nitrogens with one attached hydrogen (secondary N) is 1. The Bertz CT molecular complexity index is 458. The van der Waals surface area contributed by atoms with E-state index in [2.05, 4.69) is 5.32 Å². The second kappa shape index (κ2) is 6.56. The standard InChI is InChI=1S/C13H20N2O3S/c1-8(12(16)17)7-15(4)13(18)14-10(3)11-6-5-9(2)19-11/h5-6,8,10H,7H2,1-4H3,(H,14,18)(H,16,17). The predicted molar refractivity (Wildman–Crippen MR) is 75.4 cm³/mol. The quantitative estimate of drug-likeness (QED) is 0.872. The smallest absolute Gasteiger partial charge is 0.317 e. The summed E-state index contributed by atoms with van der Waals surface area (Å²) in [6.45, 7) is 5.70. The Hall–Kier alpha value is -1.56. The van der Waals surface area contributed by atoms with Crippen LogP contribution in [0.5, 0.6) is 0 Å². The van der Waals surface area contributed by atoms with Crippen molar-refractivity contribution in [3.63, 3.8) is 0 Å². The summed E-state index contributed by atoms with van der Waals surface area (Å²) in [5.74, 6) is -1.48. The van der Waals surface area contributed by atoms with Crippen LogP contribution in [-0.4, -0.2) is 35.6 Å². The molecule has 1 aromatic rings. The Kier molecular flexibility index (Phi) is 5.35. The molecule has 0 saturated carbocycles. The normalized spacial score (nSPS) is 13.7. The largest absolute Gasteiger partial charge is 0.481 e. The lowest BCUT2D eigenvalue weighted by atomic mass is 10.2. The van der Waals surface area contributed by atoms with E-state index in [9.17, 15) is 9.59 Å². The lowest BCUT2D eigenvalue weighted by Gasteiger charge is -2.22. The van der Waals surface area contributed by atoms with Crippen molar-refractivity contribution >= 4 is 23.3 Å². The van der Waals surface area contributed by atoms with Crippen molar-refractivity contribution < 1.29 is 14.7 Å². The summed E-state index contributed by atoms with van der Waals surface area (Å²) in [6.07, 6.45) is 0.